The molecular weight excluding hydrogens is 297 g/mol. The Kier molecular flexibility index (Phi) is 5.21. The first kappa shape index (κ1) is 16.8. The van der Waals surface area contributed by atoms with Gasteiger partial charge in [-0.3, -0.25) is 4.79 Å². The van der Waals surface area contributed by atoms with Gasteiger partial charge in [0.1, 0.15) is 5.82 Å². The van der Waals surface area contributed by atoms with Crippen molar-refractivity contribution in [1.82, 2.24) is 0 Å². The molecule has 4 nitrogen and oxygen atoms in total. The molecule has 5 heteroatoms. The molecule has 0 heterocycles. The largest absolute Gasteiger partial charge is 0.493 e. The number of rotatable bonds is 5. The first-order valence-electron chi connectivity index (χ1n) is 7.33. The summed E-state index contributed by atoms with van der Waals surface area (Å²) in [5, 5.41) is 2.66. The van der Waals surface area contributed by atoms with Crippen LogP contribution in [-0.2, 0) is 0 Å². The van der Waals surface area contributed by atoms with Crippen LogP contribution >= 0.6 is 0 Å². The molecule has 0 fully saturated rings. The van der Waals surface area contributed by atoms with Crippen molar-refractivity contribution >= 4 is 11.6 Å². The minimum Gasteiger partial charge on any atom is -0.493 e. The molecule has 0 atom stereocenters. The van der Waals surface area contributed by atoms with Crippen LogP contribution in [-0.4, -0.2) is 19.1 Å². The number of anilines is 1. The number of carbonyl (C=O) groups is 1. The highest BCUT2D eigenvalue weighted by atomic mass is 19.1. The van der Waals surface area contributed by atoms with E-state index in [-0.39, 0.29) is 17.8 Å². The fourth-order valence-electron chi connectivity index (χ4n) is 2.03. The van der Waals surface area contributed by atoms with Gasteiger partial charge in [-0.25, -0.2) is 4.39 Å². The summed E-state index contributed by atoms with van der Waals surface area (Å²) in [7, 11) is 1.51. The molecular formula is C18H20FNO3. The van der Waals surface area contributed by atoms with E-state index in [0.717, 1.165) is 0 Å². The fourth-order valence-corrected chi connectivity index (χ4v) is 2.03. The van der Waals surface area contributed by atoms with E-state index >= 15 is 0 Å². The molecule has 0 aliphatic carbocycles. The topological polar surface area (TPSA) is 47.6 Å². The molecule has 0 aliphatic rings. The summed E-state index contributed by atoms with van der Waals surface area (Å²) >= 11 is 0. The molecule has 2 aromatic rings. The number of carbonyl (C=O) groups excluding carboxylic acids is 1. The highest BCUT2D eigenvalue weighted by Gasteiger charge is 2.13. The van der Waals surface area contributed by atoms with E-state index in [4.69, 9.17) is 9.47 Å². The van der Waals surface area contributed by atoms with Gasteiger partial charge in [0, 0.05) is 11.3 Å². The van der Waals surface area contributed by atoms with Gasteiger partial charge in [0.2, 0.25) is 0 Å². The second-order valence-corrected chi connectivity index (χ2v) is 5.45. The van der Waals surface area contributed by atoms with Crippen molar-refractivity contribution in [3.8, 4) is 11.5 Å². The lowest BCUT2D eigenvalue weighted by Crippen LogP contribution is -2.13. The highest BCUT2D eigenvalue weighted by molar-refractivity contribution is 6.04. The van der Waals surface area contributed by atoms with Crippen molar-refractivity contribution in [3.05, 3.63) is 53.3 Å². The number of benzene rings is 2. The zero-order valence-electron chi connectivity index (χ0n) is 13.6. The van der Waals surface area contributed by atoms with Crippen LogP contribution in [0.15, 0.2) is 36.4 Å². The van der Waals surface area contributed by atoms with Gasteiger partial charge in [-0.15, -0.1) is 0 Å². The zero-order chi connectivity index (χ0) is 17.0. The number of methoxy groups -OCH3 is 1. The van der Waals surface area contributed by atoms with Gasteiger partial charge in [-0.1, -0.05) is 6.07 Å². The Morgan fingerprint density at radius 3 is 2.48 bits per heavy atom. The summed E-state index contributed by atoms with van der Waals surface area (Å²) in [4.78, 5) is 12.3. The van der Waals surface area contributed by atoms with Gasteiger partial charge < -0.3 is 14.8 Å². The van der Waals surface area contributed by atoms with Gasteiger partial charge in [0.05, 0.1) is 13.2 Å². The normalized spacial score (nSPS) is 10.5. The van der Waals surface area contributed by atoms with Crippen molar-refractivity contribution in [1.29, 1.82) is 0 Å². The lowest BCUT2D eigenvalue weighted by molar-refractivity contribution is 0.102. The molecule has 0 spiro atoms. The number of aryl methyl sites for hydroxylation is 1. The van der Waals surface area contributed by atoms with Crippen LogP contribution in [0.1, 0.15) is 29.8 Å². The number of halogens is 1. The van der Waals surface area contributed by atoms with E-state index < -0.39 is 0 Å². The predicted molar refractivity (Wildman–Crippen MR) is 87.8 cm³/mol. The second kappa shape index (κ2) is 7.13. The Morgan fingerprint density at radius 2 is 1.87 bits per heavy atom. The van der Waals surface area contributed by atoms with Crippen molar-refractivity contribution in [2.75, 3.05) is 12.4 Å². The van der Waals surface area contributed by atoms with Crippen molar-refractivity contribution in [2.24, 2.45) is 0 Å². The van der Waals surface area contributed by atoms with Crippen LogP contribution in [0, 0.1) is 12.7 Å². The Morgan fingerprint density at radius 1 is 1.13 bits per heavy atom. The van der Waals surface area contributed by atoms with E-state index in [2.05, 4.69) is 5.32 Å². The summed E-state index contributed by atoms with van der Waals surface area (Å²) in [5.41, 5.74) is 1.33. The summed E-state index contributed by atoms with van der Waals surface area (Å²) in [5.74, 6) is 0.338. The lowest BCUT2D eigenvalue weighted by Gasteiger charge is -2.14. The number of ether oxygens (including phenoxy) is 2. The van der Waals surface area contributed by atoms with Gasteiger partial charge in [0.25, 0.3) is 5.91 Å². The van der Waals surface area contributed by atoms with E-state index in [1.54, 1.807) is 37.3 Å². The summed E-state index contributed by atoms with van der Waals surface area (Å²) in [6.07, 6.45) is -0.000824. The minimum atomic E-state index is -0.360. The Labute approximate surface area is 135 Å². The van der Waals surface area contributed by atoms with Crippen LogP contribution in [0.3, 0.4) is 0 Å². The van der Waals surface area contributed by atoms with Crippen molar-refractivity contribution in [2.45, 2.75) is 26.9 Å². The molecule has 0 saturated heterocycles. The summed E-state index contributed by atoms with van der Waals surface area (Å²) in [6.45, 7) is 5.48. The Balaban J connectivity index is 2.20. The van der Waals surface area contributed by atoms with E-state index in [9.17, 15) is 9.18 Å². The second-order valence-electron chi connectivity index (χ2n) is 5.45. The molecule has 0 aliphatic heterocycles. The summed E-state index contributed by atoms with van der Waals surface area (Å²) < 4.78 is 24.4. The third-order valence-electron chi connectivity index (χ3n) is 3.22. The SMILES string of the molecule is COc1cc(C(=O)Nc2ccc(C)c(F)c2)ccc1OC(C)C. The lowest BCUT2D eigenvalue weighted by atomic mass is 10.1. The Bertz CT molecular complexity index is 713. The highest BCUT2D eigenvalue weighted by Crippen LogP contribution is 2.29. The van der Waals surface area contributed by atoms with E-state index in [1.165, 1.54) is 13.2 Å². The molecule has 0 unspecified atom stereocenters. The van der Waals surface area contributed by atoms with E-state index in [1.807, 2.05) is 13.8 Å². The van der Waals surface area contributed by atoms with Crippen LogP contribution in [0.5, 0.6) is 11.5 Å². The van der Waals surface area contributed by atoms with Crippen LogP contribution in [0.25, 0.3) is 0 Å². The smallest absolute Gasteiger partial charge is 0.255 e. The van der Waals surface area contributed by atoms with Crippen LogP contribution < -0.4 is 14.8 Å². The molecule has 23 heavy (non-hydrogen) atoms. The maximum absolute atomic E-state index is 13.5. The minimum absolute atomic E-state index is 0.000824. The predicted octanol–water partition coefficient (Wildman–Crippen LogP) is 4.18. The number of hydrogen-bond donors (Lipinski definition) is 1. The van der Waals surface area contributed by atoms with Gasteiger partial charge >= 0.3 is 0 Å². The van der Waals surface area contributed by atoms with Gasteiger partial charge in [-0.05, 0) is 56.7 Å². The average molecular weight is 317 g/mol. The average Bonchev–Trinajstić information content (AvgIpc) is 2.50. The molecule has 2 aromatic carbocycles. The van der Waals surface area contributed by atoms with Crippen LogP contribution in [0.2, 0.25) is 0 Å². The zero-order valence-corrected chi connectivity index (χ0v) is 13.6. The maximum atomic E-state index is 13.5. The van der Waals surface area contributed by atoms with Crippen molar-refractivity contribution < 1.29 is 18.7 Å². The quantitative estimate of drug-likeness (QED) is 0.900. The number of nitrogens with one attached hydrogen (secondary N) is 1. The molecule has 0 radical (unpaired) electrons. The molecule has 0 bridgehead atoms. The molecule has 0 saturated carbocycles. The monoisotopic (exact) mass is 317 g/mol. The first-order chi connectivity index (χ1) is 10.9. The summed E-state index contributed by atoms with van der Waals surface area (Å²) in [6, 6.07) is 9.48. The third kappa shape index (κ3) is 4.22. The molecule has 0 aromatic heterocycles. The molecule has 1 N–H and O–H groups in total. The van der Waals surface area contributed by atoms with Crippen molar-refractivity contribution in [3.63, 3.8) is 0 Å². The van der Waals surface area contributed by atoms with Gasteiger partial charge in [0.15, 0.2) is 11.5 Å². The van der Waals surface area contributed by atoms with E-state index in [0.29, 0.717) is 28.3 Å². The number of hydrogen-bond acceptors (Lipinski definition) is 3. The van der Waals surface area contributed by atoms with Crippen LogP contribution in [0.4, 0.5) is 10.1 Å². The molecule has 1 amide bonds. The third-order valence-corrected chi connectivity index (χ3v) is 3.22. The fraction of sp³-hybridized carbons (Fsp3) is 0.278. The Hall–Kier alpha value is -2.56. The molecule has 122 valence electrons. The standard InChI is InChI=1S/C18H20FNO3/c1-11(2)23-16-8-6-13(9-17(16)22-4)18(21)20-14-7-5-12(3)15(19)10-14/h5-11H,1-4H3,(H,20,21). The first-order valence-corrected chi connectivity index (χ1v) is 7.33. The number of amides is 1. The maximum Gasteiger partial charge on any atom is 0.255 e. The van der Waals surface area contributed by atoms with Gasteiger partial charge in [-0.2, -0.15) is 0 Å². The molecule has 2 rings (SSSR count).